The topological polar surface area (TPSA) is 67.3 Å². The highest BCUT2D eigenvalue weighted by Crippen LogP contribution is 2.25. The molecule has 1 N–H and O–H groups in total. The molecule has 0 spiro atoms. The highest BCUT2D eigenvalue weighted by molar-refractivity contribution is 5.82. The fraction of sp³-hybridized carbons (Fsp3) is 0.0667. The zero-order chi connectivity index (χ0) is 13.9. The van der Waals surface area contributed by atoms with Crippen LogP contribution in [0.4, 0.5) is 5.69 Å². The Morgan fingerprint density at radius 2 is 2.15 bits per heavy atom. The number of carbonyl (C=O) groups excluding carboxylic acids is 1. The number of benzene rings is 2. The van der Waals surface area contributed by atoms with Crippen molar-refractivity contribution in [2.45, 2.75) is 0 Å². The minimum absolute atomic E-state index is 0.549. The molecule has 3 rings (SSSR count). The summed E-state index contributed by atoms with van der Waals surface area (Å²) in [6.07, 6.45) is 1.53. The van der Waals surface area contributed by atoms with Crippen LogP contribution >= 0.6 is 0 Å². The van der Waals surface area contributed by atoms with E-state index in [0.29, 0.717) is 5.69 Å². The van der Waals surface area contributed by atoms with E-state index in [0.717, 1.165) is 28.2 Å². The molecule has 0 aliphatic carbocycles. The number of aliphatic imine (C=N–C) groups is 1. The van der Waals surface area contributed by atoms with Crippen LogP contribution in [0.1, 0.15) is 0 Å². The maximum atomic E-state index is 10.3. The Morgan fingerprint density at radius 3 is 2.95 bits per heavy atom. The molecule has 20 heavy (non-hydrogen) atoms. The summed E-state index contributed by atoms with van der Waals surface area (Å²) >= 11 is 0. The number of methoxy groups -OCH3 is 1. The number of rotatable bonds is 3. The standard InChI is InChI=1S/C15H11N3O2/c1-20-12-4-2-3-10(7-12)15-17-13-6-5-11(16-9-19)8-14(13)18-15/h2-8H,1H3,(H,17,18). The van der Waals surface area contributed by atoms with E-state index in [-0.39, 0.29) is 0 Å². The van der Waals surface area contributed by atoms with Crippen LogP contribution in [0, 0.1) is 0 Å². The smallest absolute Gasteiger partial charge is 0.240 e. The molecule has 1 aromatic heterocycles. The van der Waals surface area contributed by atoms with Gasteiger partial charge in [0, 0.05) is 5.56 Å². The lowest BCUT2D eigenvalue weighted by Crippen LogP contribution is -1.84. The van der Waals surface area contributed by atoms with Gasteiger partial charge in [-0.2, -0.15) is 4.99 Å². The third-order valence-electron chi connectivity index (χ3n) is 2.98. The Balaban J connectivity index is 2.09. The molecule has 3 aromatic rings. The van der Waals surface area contributed by atoms with E-state index in [1.165, 1.54) is 6.08 Å². The fourth-order valence-electron chi connectivity index (χ4n) is 2.03. The molecule has 1 heterocycles. The number of fused-ring (bicyclic) bond motifs is 1. The molecule has 0 saturated carbocycles. The maximum Gasteiger partial charge on any atom is 0.240 e. The molecule has 5 heteroatoms. The van der Waals surface area contributed by atoms with Crippen molar-refractivity contribution in [3.05, 3.63) is 42.5 Å². The molecule has 0 radical (unpaired) electrons. The number of ether oxygens (including phenoxy) is 1. The van der Waals surface area contributed by atoms with Gasteiger partial charge in [-0.15, -0.1) is 0 Å². The van der Waals surface area contributed by atoms with Gasteiger partial charge in [-0.25, -0.2) is 9.78 Å². The van der Waals surface area contributed by atoms with Crippen LogP contribution in [0.3, 0.4) is 0 Å². The van der Waals surface area contributed by atoms with Gasteiger partial charge in [-0.1, -0.05) is 12.1 Å². The minimum Gasteiger partial charge on any atom is -0.497 e. The first-order valence-electron chi connectivity index (χ1n) is 6.02. The van der Waals surface area contributed by atoms with Gasteiger partial charge < -0.3 is 9.72 Å². The average molecular weight is 265 g/mol. The Bertz CT molecular complexity index is 817. The van der Waals surface area contributed by atoms with Gasteiger partial charge in [0.05, 0.1) is 23.8 Å². The molecule has 0 aliphatic rings. The molecule has 98 valence electrons. The number of nitrogens with zero attached hydrogens (tertiary/aromatic N) is 2. The van der Waals surface area contributed by atoms with E-state index >= 15 is 0 Å². The summed E-state index contributed by atoms with van der Waals surface area (Å²) in [6.45, 7) is 0. The van der Waals surface area contributed by atoms with Crippen molar-refractivity contribution in [1.29, 1.82) is 0 Å². The number of hydrogen-bond donors (Lipinski definition) is 1. The molecule has 0 amide bonds. The minimum atomic E-state index is 0.549. The number of imidazole rings is 1. The number of H-pyrrole nitrogens is 1. The van der Waals surface area contributed by atoms with Crippen molar-refractivity contribution in [3.63, 3.8) is 0 Å². The summed E-state index contributed by atoms with van der Waals surface area (Å²) in [5.74, 6) is 1.51. The van der Waals surface area contributed by atoms with E-state index in [1.807, 2.05) is 30.3 Å². The summed E-state index contributed by atoms with van der Waals surface area (Å²) in [5, 5.41) is 0. The first-order valence-corrected chi connectivity index (χ1v) is 6.02. The zero-order valence-corrected chi connectivity index (χ0v) is 10.8. The van der Waals surface area contributed by atoms with Crippen LogP contribution < -0.4 is 4.74 Å². The van der Waals surface area contributed by atoms with Crippen LogP contribution in [0.5, 0.6) is 5.75 Å². The lowest BCUT2D eigenvalue weighted by atomic mass is 10.2. The Labute approximate surface area is 114 Å². The second-order valence-corrected chi connectivity index (χ2v) is 4.22. The molecule has 0 atom stereocenters. The maximum absolute atomic E-state index is 10.3. The van der Waals surface area contributed by atoms with Gasteiger partial charge in [-0.05, 0) is 30.3 Å². The first-order chi connectivity index (χ1) is 9.80. The SMILES string of the molecule is COc1cccc(-c2nc3ccc(N=C=O)cc3[nH]2)c1. The van der Waals surface area contributed by atoms with E-state index in [9.17, 15) is 4.79 Å². The number of hydrogen-bond acceptors (Lipinski definition) is 4. The third-order valence-corrected chi connectivity index (χ3v) is 2.98. The quantitative estimate of drug-likeness (QED) is 0.584. The van der Waals surface area contributed by atoms with E-state index < -0.39 is 0 Å². The molecule has 5 nitrogen and oxygen atoms in total. The van der Waals surface area contributed by atoms with Gasteiger partial charge in [0.2, 0.25) is 6.08 Å². The third kappa shape index (κ3) is 2.18. The van der Waals surface area contributed by atoms with Crippen LogP contribution in [0.25, 0.3) is 22.4 Å². The van der Waals surface area contributed by atoms with Gasteiger partial charge in [0.25, 0.3) is 0 Å². The lowest BCUT2D eigenvalue weighted by Gasteiger charge is -2.01. The molecule has 0 aliphatic heterocycles. The van der Waals surface area contributed by atoms with Gasteiger partial charge >= 0.3 is 0 Å². The van der Waals surface area contributed by atoms with E-state index in [1.54, 1.807) is 19.2 Å². The Morgan fingerprint density at radius 1 is 1.25 bits per heavy atom. The number of aromatic nitrogens is 2. The Kier molecular flexibility index (Phi) is 3.03. The predicted molar refractivity (Wildman–Crippen MR) is 75.9 cm³/mol. The molecule has 0 unspecified atom stereocenters. The highest BCUT2D eigenvalue weighted by atomic mass is 16.5. The molecule has 2 aromatic carbocycles. The van der Waals surface area contributed by atoms with Crippen molar-refractivity contribution in [2.75, 3.05) is 7.11 Å². The second-order valence-electron chi connectivity index (χ2n) is 4.22. The summed E-state index contributed by atoms with van der Waals surface area (Å²) in [4.78, 5) is 21.6. The molecular formula is C15H11N3O2. The number of isocyanates is 1. The van der Waals surface area contributed by atoms with Crippen LogP contribution in [-0.4, -0.2) is 23.2 Å². The highest BCUT2D eigenvalue weighted by Gasteiger charge is 2.06. The zero-order valence-electron chi connectivity index (χ0n) is 10.8. The summed E-state index contributed by atoms with van der Waals surface area (Å²) in [6, 6.07) is 12.9. The van der Waals surface area contributed by atoms with Gasteiger partial charge in [-0.3, -0.25) is 0 Å². The lowest BCUT2D eigenvalue weighted by molar-refractivity contribution is 0.415. The van der Waals surface area contributed by atoms with Crippen LogP contribution in [-0.2, 0) is 4.79 Å². The van der Waals surface area contributed by atoms with Crippen molar-refractivity contribution >= 4 is 22.8 Å². The fourth-order valence-corrected chi connectivity index (χ4v) is 2.03. The Hall–Kier alpha value is -2.91. The normalized spacial score (nSPS) is 10.2. The van der Waals surface area contributed by atoms with Gasteiger partial charge in [0.1, 0.15) is 11.6 Å². The van der Waals surface area contributed by atoms with E-state index in [4.69, 9.17) is 4.74 Å². The van der Waals surface area contributed by atoms with E-state index in [2.05, 4.69) is 15.0 Å². The largest absolute Gasteiger partial charge is 0.497 e. The summed E-state index contributed by atoms with van der Waals surface area (Å²) < 4.78 is 5.20. The first kappa shape index (κ1) is 12.1. The molecule has 0 bridgehead atoms. The second kappa shape index (κ2) is 4.99. The monoisotopic (exact) mass is 265 g/mol. The average Bonchev–Trinajstić information content (AvgIpc) is 2.91. The van der Waals surface area contributed by atoms with Crippen LogP contribution in [0.2, 0.25) is 0 Å². The molecule has 0 saturated heterocycles. The summed E-state index contributed by atoms with van der Waals surface area (Å²) in [7, 11) is 1.63. The molecule has 0 fully saturated rings. The van der Waals surface area contributed by atoms with Crippen LogP contribution in [0.15, 0.2) is 47.5 Å². The number of aromatic amines is 1. The molecular weight excluding hydrogens is 254 g/mol. The predicted octanol–water partition coefficient (Wildman–Crippen LogP) is 3.21. The van der Waals surface area contributed by atoms with Gasteiger partial charge in [0.15, 0.2) is 0 Å². The van der Waals surface area contributed by atoms with Crippen molar-refractivity contribution in [3.8, 4) is 17.1 Å². The van der Waals surface area contributed by atoms with Crippen molar-refractivity contribution in [2.24, 2.45) is 4.99 Å². The number of nitrogens with one attached hydrogen (secondary N) is 1. The summed E-state index contributed by atoms with van der Waals surface area (Å²) in [5.41, 5.74) is 3.11. The van der Waals surface area contributed by atoms with Crippen molar-refractivity contribution in [1.82, 2.24) is 9.97 Å². The van der Waals surface area contributed by atoms with Crippen molar-refractivity contribution < 1.29 is 9.53 Å².